The Morgan fingerprint density at radius 2 is 1.77 bits per heavy atom. The summed E-state index contributed by atoms with van der Waals surface area (Å²) in [5.41, 5.74) is 0.772. The number of carbonyl (C=O) groups excluding carboxylic acids is 3. The van der Waals surface area contributed by atoms with Gasteiger partial charge in [0.15, 0.2) is 6.61 Å². The molecule has 3 amide bonds. The molecule has 1 aromatic rings. The Morgan fingerprint density at radius 3 is 2.35 bits per heavy atom. The van der Waals surface area contributed by atoms with Crippen LogP contribution in [0.25, 0.3) is 0 Å². The molecule has 1 saturated carbocycles. The topological polar surface area (TPSA) is 84.5 Å². The summed E-state index contributed by atoms with van der Waals surface area (Å²) in [6.07, 6.45) is 4.01. The molecule has 1 aliphatic rings. The summed E-state index contributed by atoms with van der Waals surface area (Å²) in [7, 11) is 0. The number of urea groups is 1. The van der Waals surface area contributed by atoms with Gasteiger partial charge in [0.25, 0.3) is 5.91 Å². The number of halogens is 1. The van der Waals surface area contributed by atoms with Crippen LogP contribution in [0.15, 0.2) is 24.3 Å². The lowest BCUT2D eigenvalue weighted by atomic mass is 9.88. The maximum absolute atomic E-state index is 12.4. The average molecular weight is 381 g/mol. The molecule has 0 radical (unpaired) electrons. The molecule has 0 aliphatic heterocycles. The number of hydrogen-bond acceptors (Lipinski definition) is 4. The van der Waals surface area contributed by atoms with Crippen molar-refractivity contribution in [1.82, 2.24) is 10.6 Å². The van der Waals surface area contributed by atoms with Crippen LogP contribution in [0.4, 0.5) is 4.79 Å². The summed E-state index contributed by atoms with van der Waals surface area (Å²) < 4.78 is 5.12. The minimum Gasteiger partial charge on any atom is -0.455 e. The van der Waals surface area contributed by atoms with E-state index in [4.69, 9.17) is 16.3 Å². The smallest absolute Gasteiger partial charge is 0.321 e. The first kappa shape index (κ1) is 20.2. The van der Waals surface area contributed by atoms with Gasteiger partial charge in [-0.1, -0.05) is 50.4 Å². The van der Waals surface area contributed by atoms with E-state index in [1.165, 1.54) is 0 Å². The third-order valence-electron chi connectivity index (χ3n) is 4.44. The van der Waals surface area contributed by atoms with Crippen LogP contribution >= 0.6 is 11.6 Å². The number of esters is 1. The SMILES string of the molecule is CC(C)[C@@H](C(=O)OCC(=O)NC(=O)NC1CCCC1)c1ccc(Cl)cc1. The summed E-state index contributed by atoms with van der Waals surface area (Å²) in [5.74, 6) is -1.68. The van der Waals surface area contributed by atoms with Gasteiger partial charge in [0.1, 0.15) is 0 Å². The zero-order valence-electron chi connectivity index (χ0n) is 15.1. The van der Waals surface area contributed by atoms with Crippen molar-refractivity contribution in [3.8, 4) is 0 Å². The molecule has 2 rings (SSSR count). The fraction of sp³-hybridized carbons (Fsp3) is 0.526. The van der Waals surface area contributed by atoms with Crippen molar-refractivity contribution in [1.29, 1.82) is 0 Å². The molecular weight excluding hydrogens is 356 g/mol. The Morgan fingerprint density at radius 1 is 1.15 bits per heavy atom. The van der Waals surface area contributed by atoms with E-state index < -0.39 is 30.4 Å². The monoisotopic (exact) mass is 380 g/mol. The normalized spacial score (nSPS) is 15.5. The quantitative estimate of drug-likeness (QED) is 0.741. The molecule has 0 saturated heterocycles. The number of rotatable bonds is 6. The number of imide groups is 1. The van der Waals surface area contributed by atoms with E-state index in [1.807, 2.05) is 13.8 Å². The van der Waals surface area contributed by atoms with Gasteiger partial charge in [-0.05, 0) is 36.5 Å². The van der Waals surface area contributed by atoms with Crippen LogP contribution in [0.1, 0.15) is 51.0 Å². The van der Waals surface area contributed by atoms with Gasteiger partial charge in [-0.2, -0.15) is 0 Å². The van der Waals surface area contributed by atoms with E-state index in [1.54, 1.807) is 24.3 Å². The van der Waals surface area contributed by atoms with E-state index in [0.29, 0.717) is 5.02 Å². The van der Waals surface area contributed by atoms with E-state index in [2.05, 4.69) is 10.6 Å². The Kier molecular flexibility index (Phi) is 7.45. The maximum Gasteiger partial charge on any atom is 0.321 e. The lowest BCUT2D eigenvalue weighted by molar-refractivity contribution is -0.150. The fourth-order valence-corrected chi connectivity index (χ4v) is 3.27. The van der Waals surface area contributed by atoms with Crippen LogP contribution in [-0.2, 0) is 14.3 Å². The second-order valence-electron chi connectivity index (χ2n) is 6.88. The molecule has 1 aliphatic carbocycles. The molecular formula is C19H25ClN2O4. The Hall–Kier alpha value is -2.08. The molecule has 1 fully saturated rings. The van der Waals surface area contributed by atoms with Crippen molar-refractivity contribution in [2.24, 2.45) is 5.92 Å². The van der Waals surface area contributed by atoms with Crippen LogP contribution in [0.5, 0.6) is 0 Å². The molecule has 6 nitrogen and oxygen atoms in total. The molecule has 0 heterocycles. The largest absolute Gasteiger partial charge is 0.455 e. The van der Waals surface area contributed by atoms with Gasteiger partial charge in [-0.15, -0.1) is 0 Å². The van der Waals surface area contributed by atoms with Crippen molar-refractivity contribution >= 4 is 29.5 Å². The summed E-state index contributed by atoms with van der Waals surface area (Å²) >= 11 is 5.88. The number of hydrogen-bond donors (Lipinski definition) is 2. The molecule has 0 aromatic heterocycles. The number of carbonyl (C=O) groups is 3. The third-order valence-corrected chi connectivity index (χ3v) is 4.69. The summed E-state index contributed by atoms with van der Waals surface area (Å²) in [6.45, 7) is 3.30. The van der Waals surface area contributed by atoms with Gasteiger partial charge in [-0.3, -0.25) is 14.9 Å². The first-order valence-corrected chi connectivity index (χ1v) is 9.27. The predicted octanol–water partition coefficient (Wildman–Crippen LogP) is 3.39. The predicted molar refractivity (Wildman–Crippen MR) is 98.9 cm³/mol. The van der Waals surface area contributed by atoms with Crippen LogP contribution in [-0.4, -0.2) is 30.6 Å². The van der Waals surface area contributed by atoms with Gasteiger partial charge in [0.2, 0.25) is 0 Å². The van der Waals surface area contributed by atoms with Crippen LogP contribution < -0.4 is 10.6 Å². The van der Waals surface area contributed by atoms with Crippen molar-refractivity contribution in [2.45, 2.75) is 51.5 Å². The Bertz CT molecular complexity index is 639. The molecule has 1 aromatic carbocycles. The standard InChI is InChI=1S/C19H25ClN2O4/c1-12(2)17(13-7-9-14(20)10-8-13)18(24)26-11-16(23)22-19(25)21-15-5-3-4-6-15/h7-10,12,15,17H,3-6,11H2,1-2H3,(H2,21,22,23,25)/t17-/m1/s1. The number of amides is 3. The zero-order chi connectivity index (χ0) is 19.1. The number of benzene rings is 1. The molecule has 0 spiro atoms. The molecule has 142 valence electrons. The molecule has 0 unspecified atom stereocenters. The molecule has 1 atom stereocenters. The van der Waals surface area contributed by atoms with E-state index >= 15 is 0 Å². The number of nitrogens with one attached hydrogen (secondary N) is 2. The summed E-state index contributed by atoms with van der Waals surface area (Å²) in [5, 5.41) is 5.52. The Labute approximate surface area is 158 Å². The maximum atomic E-state index is 12.4. The molecule has 7 heteroatoms. The first-order chi connectivity index (χ1) is 12.4. The van der Waals surface area contributed by atoms with Gasteiger partial charge in [-0.25, -0.2) is 4.79 Å². The van der Waals surface area contributed by atoms with Gasteiger partial charge >= 0.3 is 12.0 Å². The van der Waals surface area contributed by atoms with Crippen molar-refractivity contribution in [3.63, 3.8) is 0 Å². The average Bonchev–Trinajstić information content (AvgIpc) is 3.07. The third kappa shape index (κ3) is 6.02. The minimum atomic E-state index is -0.646. The van der Waals surface area contributed by atoms with Crippen LogP contribution in [0.3, 0.4) is 0 Å². The van der Waals surface area contributed by atoms with Gasteiger partial charge in [0.05, 0.1) is 5.92 Å². The first-order valence-electron chi connectivity index (χ1n) is 8.89. The molecule has 26 heavy (non-hydrogen) atoms. The van der Waals surface area contributed by atoms with Gasteiger partial charge < -0.3 is 10.1 Å². The van der Waals surface area contributed by atoms with Crippen molar-refractivity contribution in [2.75, 3.05) is 6.61 Å². The van der Waals surface area contributed by atoms with Crippen LogP contribution in [0, 0.1) is 5.92 Å². The Balaban J connectivity index is 1.83. The number of ether oxygens (including phenoxy) is 1. The summed E-state index contributed by atoms with van der Waals surface area (Å²) in [4.78, 5) is 36.0. The highest BCUT2D eigenvalue weighted by molar-refractivity contribution is 6.30. The second-order valence-corrected chi connectivity index (χ2v) is 7.32. The fourth-order valence-electron chi connectivity index (χ4n) is 3.14. The summed E-state index contributed by atoms with van der Waals surface area (Å²) in [6, 6.07) is 6.52. The highest BCUT2D eigenvalue weighted by Crippen LogP contribution is 2.27. The second kappa shape index (κ2) is 9.57. The lowest BCUT2D eigenvalue weighted by Crippen LogP contribution is -2.45. The van der Waals surface area contributed by atoms with Crippen molar-refractivity contribution in [3.05, 3.63) is 34.9 Å². The van der Waals surface area contributed by atoms with Crippen LogP contribution in [0.2, 0.25) is 5.02 Å². The van der Waals surface area contributed by atoms with E-state index in [0.717, 1.165) is 31.2 Å². The lowest BCUT2D eigenvalue weighted by Gasteiger charge is -2.20. The zero-order valence-corrected chi connectivity index (χ0v) is 15.8. The van der Waals surface area contributed by atoms with Crippen molar-refractivity contribution < 1.29 is 19.1 Å². The van der Waals surface area contributed by atoms with E-state index in [-0.39, 0.29) is 12.0 Å². The minimum absolute atomic E-state index is 0.0163. The highest BCUT2D eigenvalue weighted by atomic mass is 35.5. The highest BCUT2D eigenvalue weighted by Gasteiger charge is 2.26. The molecule has 0 bridgehead atoms. The van der Waals surface area contributed by atoms with E-state index in [9.17, 15) is 14.4 Å². The van der Waals surface area contributed by atoms with Gasteiger partial charge in [0, 0.05) is 11.1 Å². The molecule has 2 N–H and O–H groups in total.